The molecule has 0 unspecified atom stereocenters. The highest BCUT2D eigenvalue weighted by atomic mass is 16.5. The second-order valence-corrected chi connectivity index (χ2v) is 4.99. The molecule has 94 valence electrons. The Bertz CT molecular complexity index is 342. The van der Waals surface area contributed by atoms with Crippen molar-refractivity contribution in [2.75, 3.05) is 13.1 Å². The van der Waals surface area contributed by atoms with Gasteiger partial charge in [-0.15, -0.1) is 0 Å². The minimum atomic E-state index is 0.271. The second kappa shape index (κ2) is 5.45. The molecule has 1 aromatic rings. The molecule has 0 saturated carbocycles. The summed E-state index contributed by atoms with van der Waals surface area (Å²) in [5, 5.41) is 0. The molecule has 0 aliphatic carbocycles. The number of piperidine rings is 1. The van der Waals surface area contributed by atoms with Crippen molar-refractivity contribution in [3.63, 3.8) is 0 Å². The highest BCUT2D eigenvalue weighted by Gasteiger charge is 2.22. The van der Waals surface area contributed by atoms with E-state index in [4.69, 9.17) is 4.74 Å². The van der Waals surface area contributed by atoms with Gasteiger partial charge in [-0.3, -0.25) is 0 Å². The highest BCUT2D eigenvalue weighted by Crippen LogP contribution is 2.17. The summed E-state index contributed by atoms with van der Waals surface area (Å²) in [5.41, 5.74) is 1.06. The predicted octanol–water partition coefficient (Wildman–Crippen LogP) is 2.04. The minimum Gasteiger partial charge on any atom is -0.460 e. The number of aromatic nitrogens is 2. The number of hydrogen-bond donors (Lipinski definition) is 0. The molecule has 0 amide bonds. The first kappa shape index (κ1) is 12.3. The smallest absolute Gasteiger partial charge is 0.316 e. The number of nitrogens with zero attached hydrogens (tertiary/aromatic N) is 3. The standard InChI is InChI=1S/C13H21N3O/c1-10(2)16-6-4-12(5-7-16)17-13-14-8-11(3)9-15-13/h8-10,12H,4-7H2,1-3H3. The van der Waals surface area contributed by atoms with Crippen LogP contribution in [0.15, 0.2) is 12.4 Å². The van der Waals surface area contributed by atoms with E-state index in [1.807, 2.05) is 6.92 Å². The molecule has 4 heteroatoms. The van der Waals surface area contributed by atoms with Crippen LogP contribution in [0.25, 0.3) is 0 Å². The van der Waals surface area contributed by atoms with E-state index >= 15 is 0 Å². The van der Waals surface area contributed by atoms with Crippen LogP contribution in [0.5, 0.6) is 6.01 Å². The van der Waals surface area contributed by atoms with Gasteiger partial charge in [0.05, 0.1) is 0 Å². The quantitative estimate of drug-likeness (QED) is 0.803. The lowest BCUT2D eigenvalue weighted by Gasteiger charge is -2.34. The van der Waals surface area contributed by atoms with Crippen LogP contribution in [-0.4, -0.2) is 40.1 Å². The van der Waals surface area contributed by atoms with Crippen molar-refractivity contribution in [2.24, 2.45) is 0 Å². The number of rotatable bonds is 3. The third kappa shape index (κ3) is 3.40. The van der Waals surface area contributed by atoms with E-state index in [2.05, 4.69) is 28.7 Å². The Morgan fingerprint density at radius 2 is 1.82 bits per heavy atom. The van der Waals surface area contributed by atoms with Crippen LogP contribution in [0.4, 0.5) is 0 Å². The molecule has 1 aliphatic heterocycles. The molecule has 1 aliphatic rings. The first-order valence-corrected chi connectivity index (χ1v) is 6.34. The van der Waals surface area contributed by atoms with Gasteiger partial charge < -0.3 is 9.64 Å². The lowest BCUT2D eigenvalue weighted by molar-refractivity contribution is 0.0778. The highest BCUT2D eigenvalue weighted by molar-refractivity contribution is 5.04. The Morgan fingerprint density at radius 1 is 1.24 bits per heavy atom. The third-order valence-electron chi connectivity index (χ3n) is 3.24. The van der Waals surface area contributed by atoms with Gasteiger partial charge in [-0.25, -0.2) is 9.97 Å². The Balaban J connectivity index is 1.84. The van der Waals surface area contributed by atoms with Crippen LogP contribution in [0, 0.1) is 6.92 Å². The molecule has 0 bridgehead atoms. The number of ether oxygens (including phenoxy) is 1. The summed E-state index contributed by atoms with van der Waals surface area (Å²) < 4.78 is 5.79. The summed E-state index contributed by atoms with van der Waals surface area (Å²) in [5.74, 6) is 0. The lowest BCUT2D eigenvalue weighted by atomic mass is 10.1. The molecule has 2 rings (SSSR count). The van der Waals surface area contributed by atoms with Crippen molar-refractivity contribution in [3.8, 4) is 6.01 Å². The van der Waals surface area contributed by atoms with E-state index in [-0.39, 0.29) is 6.10 Å². The fourth-order valence-corrected chi connectivity index (χ4v) is 2.10. The van der Waals surface area contributed by atoms with Gasteiger partial charge in [0.1, 0.15) is 6.10 Å². The van der Waals surface area contributed by atoms with E-state index in [9.17, 15) is 0 Å². The van der Waals surface area contributed by atoms with Crippen molar-refractivity contribution in [1.29, 1.82) is 0 Å². The van der Waals surface area contributed by atoms with Crippen LogP contribution >= 0.6 is 0 Å². The van der Waals surface area contributed by atoms with Crippen LogP contribution in [0.1, 0.15) is 32.3 Å². The fourth-order valence-electron chi connectivity index (χ4n) is 2.10. The Morgan fingerprint density at radius 3 is 2.35 bits per heavy atom. The average molecular weight is 235 g/mol. The molecule has 0 aromatic carbocycles. The van der Waals surface area contributed by atoms with Gasteiger partial charge in [0.25, 0.3) is 0 Å². The first-order chi connectivity index (χ1) is 8.15. The summed E-state index contributed by atoms with van der Waals surface area (Å²) in [6.45, 7) is 8.67. The van der Waals surface area contributed by atoms with E-state index in [0.29, 0.717) is 12.1 Å². The molecule has 0 atom stereocenters. The Kier molecular flexibility index (Phi) is 3.94. The van der Waals surface area contributed by atoms with Crippen molar-refractivity contribution >= 4 is 0 Å². The molecule has 1 aromatic heterocycles. The van der Waals surface area contributed by atoms with Gasteiger partial charge in [-0.1, -0.05) is 0 Å². The predicted molar refractivity (Wildman–Crippen MR) is 67.1 cm³/mol. The van der Waals surface area contributed by atoms with Crippen LogP contribution in [-0.2, 0) is 0 Å². The molecule has 17 heavy (non-hydrogen) atoms. The zero-order chi connectivity index (χ0) is 12.3. The first-order valence-electron chi connectivity index (χ1n) is 6.34. The van der Waals surface area contributed by atoms with E-state index in [0.717, 1.165) is 31.5 Å². The SMILES string of the molecule is Cc1cnc(OC2CCN(C(C)C)CC2)nc1. The van der Waals surface area contributed by atoms with Gasteiger partial charge in [-0.05, 0) is 39.2 Å². The summed E-state index contributed by atoms with van der Waals surface area (Å²) in [6, 6.07) is 1.14. The number of likely N-dealkylation sites (tertiary alicyclic amines) is 1. The van der Waals surface area contributed by atoms with Gasteiger partial charge in [-0.2, -0.15) is 0 Å². The van der Waals surface area contributed by atoms with E-state index in [1.54, 1.807) is 12.4 Å². The van der Waals surface area contributed by atoms with Crippen molar-refractivity contribution in [3.05, 3.63) is 18.0 Å². The molecule has 1 saturated heterocycles. The van der Waals surface area contributed by atoms with Gasteiger partial charge in [0, 0.05) is 31.5 Å². The summed E-state index contributed by atoms with van der Waals surface area (Å²) in [6.07, 6.45) is 6.00. The summed E-state index contributed by atoms with van der Waals surface area (Å²) in [4.78, 5) is 10.8. The van der Waals surface area contributed by atoms with E-state index < -0.39 is 0 Å². The third-order valence-corrected chi connectivity index (χ3v) is 3.24. The fraction of sp³-hybridized carbons (Fsp3) is 0.692. The zero-order valence-corrected chi connectivity index (χ0v) is 10.9. The van der Waals surface area contributed by atoms with Crippen LogP contribution in [0.2, 0.25) is 0 Å². The topological polar surface area (TPSA) is 38.2 Å². The molecule has 4 nitrogen and oxygen atoms in total. The second-order valence-electron chi connectivity index (χ2n) is 4.99. The maximum atomic E-state index is 5.79. The van der Waals surface area contributed by atoms with Crippen molar-refractivity contribution in [1.82, 2.24) is 14.9 Å². The molecule has 0 spiro atoms. The summed E-state index contributed by atoms with van der Waals surface area (Å²) >= 11 is 0. The van der Waals surface area contributed by atoms with Gasteiger partial charge >= 0.3 is 6.01 Å². The largest absolute Gasteiger partial charge is 0.460 e. The molecule has 0 N–H and O–H groups in total. The van der Waals surface area contributed by atoms with E-state index in [1.165, 1.54) is 0 Å². The molecule has 1 fully saturated rings. The monoisotopic (exact) mass is 235 g/mol. The normalized spacial score (nSPS) is 18.6. The molecular weight excluding hydrogens is 214 g/mol. The zero-order valence-electron chi connectivity index (χ0n) is 10.9. The number of aryl methyl sites for hydroxylation is 1. The molecule has 2 heterocycles. The molecular formula is C13H21N3O. The summed E-state index contributed by atoms with van der Waals surface area (Å²) in [7, 11) is 0. The van der Waals surface area contributed by atoms with Gasteiger partial charge in [0.2, 0.25) is 0 Å². The Labute approximate surface area is 103 Å². The van der Waals surface area contributed by atoms with Crippen LogP contribution in [0.3, 0.4) is 0 Å². The minimum absolute atomic E-state index is 0.271. The van der Waals surface area contributed by atoms with Crippen LogP contribution < -0.4 is 4.74 Å². The maximum absolute atomic E-state index is 5.79. The van der Waals surface area contributed by atoms with Gasteiger partial charge in [0.15, 0.2) is 0 Å². The average Bonchev–Trinajstić information content (AvgIpc) is 2.33. The van der Waals surface area contributed by atoms with Crippen molar-refractivity contribution < 1.29 is 4.74 Å². The lowest BCUT2D eigenvalue weighted by Crippen LogP contribution is -2.41. The maximum Gasteiger partial charge on any atom is 0.316 e. The Hall–Kier alpha value is -1.16. The molecule has 0 radical (unpaired) electrons. The number of hydrogen-bond acceptors (Lipinski definition) is 4. The van der Waals surface area contributed by atoms with Crippen molar-refractivity contribution in [2.45, 2.75) is 45.8 Å².